The Balaban J connectivity index is 2.25. The van der Waals surface area contributed by atoms with Gasteiger partial charge in [0, 0.05) is 22.9 Å². The molecule has 116 valence electrons. The first-order chi connectivity index (χ1) is 10.5. The predicted octanol–water partition coefficient (Wildman–Crippen LogP) is 3.83. The fraction of sp³-hybridized carbons (Fsp3) is 0.353. The standard InChI is InChI=1S/C17H21N3OS/c1-17(2,3)15-13(9-18)20-14(10-22-16(20)19-15)11-6-5-7-12(8-11)21-4/h5-8,10H,9,18H2,1-4H3. The quantitative estimate of drug-likeness (QED) is 0.799. The van der Waals surface area contributed by atoms with Crippen molar-refractivity contribution in [2.75, 3.05) is 7.11 Å². The summed E-state index contributed by atoms with van der Waals surface area (Å²) in [6.07, 6.45) is 0. The van der Waals surface area contributed by atoms with Gasteiger partial charge in [-0.2, -0.15) is 0 Å². The van der Waals surface area contributed by atoms with Gasteiger partial charge in [-0.3, -0.25) is 4.40 Å². The zero-order chi connectivity index (χ0) is 15.9. The number of thiazole rings is 1. The molecule has 0 saturated carbocycles. The third-order valence-electron chi connectivity index (χ3n) is 3.73. The van der Waals surface area contributed by atoms with Crippen LogP contribution >= 0.6 is 11.3 Å². The molecule has 0 atom stereocenters. The molecule has 1 aromatic carbocycles. The van der Waals surface area contributed by atoms with Crippen molar-refractivity contribution in [3.8, 4) is 17.0 Å². The van der Waals surface area contributed by atoms with Crippen molar-refractivity contribution < 1.29 is 4.74 Å². The Morgan fingerprint density at radius 3 is 2.73 bits per heavy atom. The van der Waals surface area contributed by atoms with Crippen LogP contribution in [0.25, 0.3) is 16.2 Å². The number of methoxy groups -OCH3 is 1. The average molecular weight is 315 g/mol. The molecule has 2 heterocycles. The van der Waals surface area contributed by atoms with Crippen LogP contribution < -0.4 is 10.5 Å². The van der Waals surface area contributed by atoms with E-state index in [2.05, 4.69) is 36.6 Å². The Hall–Kier alpha value is -1.85. The zero-order valence-electron chi connectivity index (χ0n) is 13.4. The van der Waals surface area contributed by atoms with Crippen LogP contribution in [-0.2, 0) is 12.0 Å². The average Bonchev–Trinajstić information content (AvgIpc) is 3.05. The van der Waals surface area contributed by atoms with Crippen molar-refractivity contribution in [3.05, 3.63) is 41.0 Å². The highest BCUT2D eigenvalue weighted by Gasteiger charge is 2.25. The number of rotatable bonds is 3. The molecule has 0 aliphatic heterocycles. The molecule has 0 aliphatic carbocycles. The van der Waals surface area contributed by atoms with E-state index in [0.29, 0.717) is 6.54 Å². The first-order valence-electron chi connectivity index (χ1n) is 7.29. The van der Waals surface area contributed by atoms with Crippen molar-refractivity contribution in [1.29, 1.82) is 0 Å². The van der Waals surface area contributed by atoms with Crippen molar-refractivity contribution >= 4 is 16.3 Å². The highest BCUT2D eigenvalue weighted by molar-refractivity contribution is 7.15. The molecular formula is C17H21N3OS. The molecule has 5 heteroatoms. The minimum absolute atomic E-state index is 0.0217. The lowest BCUT2D eigenvalue weighted by Gasteiger charge is -2.17. The number of hydrogen-bond acceptors (Lipinski definition) is 4. The van der Waals surface area contributed by atoms with E-state index in [-0.39, 0.29) is 5.41 Å². The van der Waals surface area contributed by atoms with Gasteiger partial charge in [0.2, 0.25) is 0 Å². The molecule has 0 bridgehead atoms. The topological polar surface area (TPSA) is 52.5 Å². The highest BCUT2D eigenvalue weighted by Crippen LogP contribution is 2.34. The van der Waals surface area contributed by atoms with Gasteiger partial charge in [-0.1, -0.05) is 32.9 Å². The normalized spacial score (nSPS) is 12.0. The molecule has 2 aromatic heterocycles. The summed E-state index contributed by atoms with van der Waals surface area (Å²) in [5.74, 6) is 0.849. The van der Waals surface area contributed by atoms with E-state index >= 15 is 0 Å². The Morgan fingerprint density at radius 2 is 2.09 bits per heavy atom. The monoisotopic (exact) mass is 315 g/mol. The van der Waals surface area contributed by atoms with E-state index in [0.717, 1.165) is 33.4 Å². The number of fused-ring (bicyclic) bond motifs is 1. The molecule has 2 N–H and O–H groups in total. The number of hydrogen-bond donors (Lipinski definition) is 1. The van der Waals surface area contributed by atoms with Crippen LogP contribution in [0.4, 0.5) is 0 Å². The number of aromatic nitrogens is 2. The van der Waals surface area contributed by atoms with E-state index in [9.17, 15) is 0 Å². The number of nitrogens with zero attached hydrogens (tertiary/aromatic N) is 2. The van der Waals surface area contributed by atoms with Gasteiger partial charge in [0.25, 0.3) is 0 Å². The van der Waals surface area contributed by atoms with Gasteiger partial charge in [0.05, 0.1) is 24.2 Å². The molecule has 0 fully saturated rings. The number of nitrogens with two attached hydrogens (primary N) is 1. The fourth-order valence-electron chi connectivity index (χ4n) is 2.69. The first kappa shape index (κ1) is 15.1. The van der Waals surface area contributed by atoms with Gasteiger partial charge >= 0.3 is 0 Å². The van der Waals surface area contributed by atoms with Gasteiger partial charge in [-0.25, -0.2) is 4.98 Å². The van der Waals surface area contributed by atoms with E-state index in [1.165, 1.54) is 0 Å². The summed E-state index contributed by atoms with van der Waals surface area (Å²) in [6.45, 7) is 6.99. The molecule has 0 unspecified atom stereocenters. The second-order valence-electron chi connectivity index (χ2n) is 6.33. The van der Waals surface area contributed by atoms with Gasteiger partial charge in [0.15, 0.2) is 4.96 Å². The first-order valence-corrected chi connectivity index (χ1v) is 8.17. The summed E-state index contributed by atoms with van der Waals surface area (Å²) in [6, 6.07) is 8.08. The van der Waals surface area contributed by atoms with Crippen LogP contribution in [-0.4, -0.2) is 16.5 Å². The van der Waals surface area contributed by atoms with Crippen molar-refractivity contribution in [2.45, 2.75) is 32.7 Å². The summed E-state index contributed by atoms with van der Waals surface area (Å²) in [5.41, 5.74) is 10.4. The zero-order valence-corrected chi connectivity index (χ0v) is 14.2. The fourth-order valence-corrected chi connectivity index (χ4v) is 3.60. The van der Waals surface area contributed by atoms with E-state index in [4.69, 9.17) is 15.5 Å². The third-order valence-corrected chi connectivity index (χ3v) is 4.55. The summed E-state index contributed by atoms with van der Waals surface area (Å²) >= 11 is 1.64. The van der Waals surface area contributed by atoms with E-state index in [1.807, 2.05) is 18.2 Å². The maximum absolute atomic E-state index is 6.04. The van der Waals surface area contributed by atoms with Crippen LogP contribution in [0, 0.1) is 0 Å². The predicted molar refractivity (Wildman–Crippen MR) is 91.6 cm³/mol. The van der Waals surface area contributed by atoms with Gasteiger partial charge in [-0.15, -0.1) is 11.3 Å². The van der Waals surface area contributed by atoms with Gasteiger partial charge in [-0.05, 0) is 12.1 Å². The summed E-state index contributed by atoms with van der Waals surface area (Å²) in [4.78, 5) is 5.80. The minimum atomic E-state index is -0.0217. The molecule has 0 aliphatic rings. The Labute approximate surface area is 134 Å². The Bertz CT molecular complexity index is 811. The third kappa shape index (κ3) is 2.40. The highest BCUT2D eigenvalue weighted by atomic mass is 32.1. The lowest BCUT2D eigenvalue weighted by atomic mass is 9.90. The maximum atomic E-state index is 6.04. The lowest BCUT2D eigenvalue weighted by Crippen LogP contribution is -2.17. The molecule has 22 heavy (non-hydrogen) atoms. The minimum Gasteiger partial charge on any atom is -0.497 e. The number of benzene rings is 1. The second-order valence-corrected chi connectivity index (χ2v) is 7.17. The van der Waals surface area contributed by atoms with E-state index < -0.39 is 0 Å². The van der Waals surface area contributed by atoms with Crippen molar-refractivity contribution in [1.82, 2.24) is 9.38 Å². The maximum Gasteiger partial charge on any atom is 0.194 e. The van der Waals surface area contributed by atoms with E-state index in [1.54, 1.807) is 18.4 Å². The summed E-state index contributed by atoms with van der Waals surface area (Å²) < 4.78 is 7.52. The van der Waals surface area contributed by atoms with Crippen LogP contribution in [0.3, 0.4) is 0 Å². The SMILES string of the molecule is COc1cccc(-c2csc3nc(C(C)(C)C)c(CN)n23)c1. The molecule has 4 nitrogen and oxygen atoms in total. The molecule has 0 saturated heterocycles. The largest absolute Gasteiger partial charge is 0.497 e. The van der Waals surface area contributed by atoms with Crippen LogP contribution in [0.15, 0.2) is 29.6 Å². The Kier molecular flexibility index (Phi) is 3.70. The van der Waals surface area contributed by atoms with Crippen molar-refractivity contribution in [2.24, 2.45) is 5.73 Å². The number of imidazole rings is 1. The van der Waals surface area contributed by atoms with Crippen LogP contribution in [0.5, 0.6) is 5.75 Å². The molecule has 0 spiro atoms. The van der Waals surface area contributed by atoms with Crippen LogP contribution in [0.1, 0.15) is 32.2 Å². The summed E-state index contributed by atoms with van der Waals surface area (Å²) in [7, 11) is 1.68. The molecule has 3 rings (SSSR count). The van der Waals surface area contributed by atoms with Crippen LogP contribution in [0.2, 0.25) is 0 Å². The summed E-state index contributed by atoms with van der Waals surface area (Å²) in [5, 5.41) is 2.13. The lowest BCUT2D eigenvalue weighted by molar-refractivity contribution is 0.415. The van der Waals surface area contributed by atoms with Gasteiger partial charge in [0.1, 0.15) is 5.75 Å². The smallest absolute Gasteiger partial charge is 0.194 e. The number of ether oxygens (including phenoxy) is 1. The van der Waals surface area contributed by atoms with Crippen molar-refractivity contribution in [3.63, 3.8) is 0 Å². The molecule has 0 radical (unpaired) electrons. The molecule has 3 aromatic rings. The second kappa shape index (κ2) is 5.41. The molecular weight excluding hydrogens is 294 g/mol. The Morgan fingerprint density at radius 1 is 1.32 bits per heavy atom. The molecule has 0 amide bonds. The van der Waals surface area contributed by atoms with Gasteiger partial charge < -0.3 is 10.5 Å².